The van der Waals surface area contributed by atoms with Crippen LogP contribution in [0.5, 0.6) is 0 Å². The number of likely N-dealkylation sites (tertiary alicyclic amines) is 1. The summed E-state index contributed by atoms with van der Waals surface area (Å²) in [5.74, 6) is 0.800. The number of benzene rings is 1. The number of hydrogen-bond acceptors (Lipinski definition) is 0. The number of hydrogen-bond donors (Lipinski definition) is 1. The molecule has 0 amide bonds. The van der Waals surface area contributed by atoms with Crippen molar-refractivity contribution in [1.29, 1.82) is 0 Å². The SMILES string of the molecule is CC(C)[NH+]1CC[C@@H](c2ccccc2)C1. The van der Waals surface area contributed by atoms with Gasteiger partial charge in [-0.05, 0) is 19.4 Å². The van der Waals surface area contributed by atoms with Crippen molar-refractivity contribution in [1.82, 2.24) is 0 Å². The molecule has 1 aromatic rings. The van der Waals surface area contributed by atoms with E-state index in [1.54, 1.807) is 4.90 Å². The third-order valence-electron chi connectivity index (χ3n) is 3.41. The third kappa shape index (κ3) is 1.98. The van der Waals surface area contributed by atoms with Gasteiger partial charge in [0.2, 0.25) is 0 Å². The Hall–Kier alpha value is -0.820. The Morgan fingerprint density at radius 2 is 1.93 bits per heavy atom. The van der Waals surface area contributed by atoms with Gasteiger partial charge in [-0.15, -0.1) is 0 Å². The molecule has 1 nitrogen and oxygen atoms in total. The summed E-state index contributed by atoms with van der Waals surface area (Å²) in [6.07, 6.45) is 1.36. The van der Waals surface area contributed by atoms with E-state index in [0.717, 1.165) is 12.0 Å². The summed E-state index contributed by atoms with van der Waals surface area (Å²) in [6.45, 7) is 7.31. The van der Waals surface area contributed by atoms with Gasteiger partial charge in [0.15, 0.2) is 0 Å². The fraction of sp³-hybridized carbons (Fsp3) is 0.538. The molecule has 0 aromatic heterocycles. The average Bonchev–Trinajstić information content (AvgIpc) is 2.68. The zero-order chi connectivity index (χ0) is 9.97. The predicted molar refractivity (Wildman–Crippen MR) is 59.6 cm³/mol. The van der Waals surface area contributed by atoms with Gasteiger partial charge >= 0.3 is 0 Å². The number of rotatable bonds is 2. The third-order valence-corrected chi connectivity index (χ3v) is 3.41. The van der Waals surface area contributed by atoms with E-state index in [2.05, 4.69) is 44.2 Å². The van der Waals surface area contributed by atoms with Crippen LogP contribution in [0.3, 0.4) is 0 Å². The molecule has 0 radical (unpaired) electrons. The van der Waals surface area contributed by atoms with E-state index in [9.17, 15) is 0 Å². The maximum atomic E-state index is 2.32. The second kappa shape index (κ2) is 4.14. The molecule has 0 aliphatic carbocycles. The highest BCUT2D eigenvalue weighted by atomic mass is 15.2. The average molecular weight is 190 g/mol. The maximum absolute atomic E-state index is 2.32. The van der Waals surface area contributed by atoms with E-state index < -0.39 is 0 Å². The molecule has 1 heteroatoms. The van der Waals surface area contributed by atoms with Crippen LogP contribution in [0.2, 0.25) is 0 Å². The minimum Gasteiger partial charge on any atom is -0.332 e. The van der Waals surface area contributed by atoms with Crippen molar-refractivity contribution < 1.29 is 4.90 Å². The fourth-order valence-electron chi connectivity index (χ4n) is 2.41. The monoisotopic (exact) mass is 190 g/mol. The van der Waals surface area contributed by atoms with Crippen molar-refractivity contribution in [2.45, 2.75) is 32.2 Å². The molecule has 1 fully saturated rings. The lowest BCUT2D eigenvalue weighted by Crippen LogP contribution is -3.13. The summed E-state index contributed by atoms with van der Waals surface area (Å²) >= 11 is 0. The quantitative estimate of drug-likeness (QED) is 0.720. The van der Waals surface area contributed by atoms with Crippen LogP contribution >= 0.6 is 0 Å². The smallest absolute Gasteiger partial charge is 0.0844 e. The molecule has 2 rings (SSSR count). The highest BCUT2D eigenvalue weighted by molar-refractivity contribution is 5.19. The van der Waals surface area contributed by atoms with E-state index in [-0.39, 0.29) is 0 Å². The first-order valence-corrected chi connectivity index (χ1v) is 5.67. The first-order valence-electron chi connectivity index (χ1n) is 5.67. The summed E-state index contributed by atoms with van der Waals surface area (Å²) in [5, 5.41) is 0. The first kappa shape index (κ1) is 9.72. The van der Waals surface area contributed by atoms with Crippen molar-refractivity contribution in [2.24, 2.45) is 0 Å². The van der Waals surface area contributed by atoms with Crippen LogP contribution in [-0.4, -0.2) is 19.1 Å². The largest absolute Gasteiger partial charge is 0.332 e. The van der Waals surface area contributed by atoms with Gasteiger partial charge in [-0.3, -0.25) is 0 Å². The summed E-state index contributed by atoms with van der Waals surface area (Å²) in [7, 11) is 0. The van der Waals surface area contributed by atoms with Gasteiger partial charge in [0.25, 0.3) is 0 Å². The Morgan fingerprint density at radius 3 is 2.50 bits per heavy atom. The lowest BCUT2D eigenvalue weighted by atomic mass is 9.99. The van der Waals surface area contributed by atoms with Crippen LogP contribution in [0.25, 0.3) is 0 Å². The van der Waals surface area contributed by atoms with Crippen molar-refractivity contribution in [3.05, 3.63) is 35.9 Å². The number of nitrogens with one attached hydrogen (secondary N) is 1. The normalized spacial score (nSPS) is 27.1. The molecule has 1 aliphatic rings. The van der Waals surface area contributed by atoms with Crippen LogP contribution in [0.4, 0.5) is 0 Å². The van der Waals surface area contributed by atoms with Crippen molar-refractivity contribution in [2.75, 3.05) is 13.1 Å². The van der Waals surface area contributed by atoms with Gasteiger partial charge in [-0.1, -0.05) is 30.3 Å². The second-order valence-corrected chi connectivity index (χ2v) is 4.66. The maximum Gasteiger partial charge on any atom is 0.0844 e. The van der Waals surface area contributed by atoms with Gasteiger partial charge in [-0.2, -0.15) is 0 Å². The number of quaternary nitrogens is 1. The molecule has 76 valence electrons. The van der Waals surface area contributed by atoms with E-state index in [1.807, 2.05) is 0 Å². The van der Waals surface area contributed by atoms with E-state index in [1.165, 1.54) is 25.1 Å². The van der Waals surface area contributed by atoms with Crippen LogP contribution in [0, 0.1) is 0 Å². The van der Waals surface area contributed by atoms with Crippen LogP contribution in [0.1, 0.15) is 31.7 Å². The molecular weight excluding hydrogens is 170 g/mol. The Labute approximate surface area is 86.7 Å². The van der Waals surface area contributed by atoms with E-state index >= 15 is 0 Å². The molecule has 0 saturated carbocycles. The molecule has 1 aromatic carbocycles. The minimum atomic E-state index is 0.781. The zero-order valence-corrected chi connectivity index (χ0v) is 9.16. The van der Waals surface area contributed by atoms with Crippen molar-refractivity contribution >= 4 is 0 Å². The standard InChI is InChI=1S/C13H19N/c1-11(2)14-9-8-13(10-14)12-6-4-3-5-7-12/h3-7,11,13H,8-10H2,1-2H3/p+1/t13-/m1/s1. The Balaban J connectivity index is 2.03. The molecular formula is C13H20N+. The molecule has 14 heavy (non-hydrogen) atoms. The minimum absolute atomic E-state index is 0.781. The predicted octanol–water partition coefficient (Wildman–Crippen LogP) is 1.47. The van der Waals surface area contributed by atoms with Crippen LogP contribution in [0.15, 0.2) is 30.3 Å². The Morgan fingerprint density at radius 1 is 1.21 bits per heavy atom. The first-order chi connectivity index (χ1) is 6.77. The molecule has 1 heterocycles. The van der Waals surface area contributed by atoms with Gasteiger partial charge in [-0.25, -0.2) is 0 Å². The molecule has 0 bridgehead atoms. The summed E-state index contributed by atoms with van der Waals surface area (Å²) < 4.78 is 0. The van der Waals surface area contributed by atoms with E-state index in [0.29, 0.717) is 0 Å². The second-order valence-electron chi connectivity index (χ2n) is 4.66. The van der Waals surface area contributed by atoms with Crippen molar-refractivity contribution in [3.8, 4) is 0 Å². The summed E-state index contributed by atoms with van der Waals surface area (Å²) in [6, 6.07) is 11.7. The van der Waals surface area contributed by atoms with E-state index in [4.69, 9.17) is 0 Å². The Bertz CT molecular complexity index is 279. The Kier molecular flexibility index (Phi) is 2.87. The molecule has 2 atom stereocenters. The molecule has 1 N–H and O–H groups in total. The lowest BCUT2D eigenvalue weighted by Gasteiger charge is -2.17. The fourth-order valence-corrected chi connectivity index (χ4v) is 2.41. The van der Waals surface area contributed by atoms with Gasteiger partial charge in [0.1, 0.15) is 0 Å². The van der Waals surface area contributed by atoms with Crippen LogP contribution < -0.4 is 4.90 Å². The van der Waals surface area contributed by atoms with Crippen molar-refractivity contribution in [3.63, 3.8) is 0 Å². The molecule has 1 unspecified atom stereocenters. The van der Waals surface area contributed by atoms with Gasteiger partial charge < -0.3 is 4.90 Å². The molecule has 1 saturated heterocycles. The molecule has 0 spiro atoms. The zero-order valence-electron chi connectivity index (χ0n) is 9.16. The highest BCUT2D eigenvalue weighted by Gasteiger charge is 2.28. The highest BCUT2D eigenvalue weighted by Crippen LogP contribution is 2.19. The molecule has 1 aliphatic heterocycles. The lowest BCUT2D eigenvalue weighted by molar-refractivity contribution is -0.909. The van der Waals surface area contributed by atoms with Gasteiger partial charge in [0, 0.05) is 12.3 Å². The summed E-state index contributed by atoms with van der Waals surface area (Å²) in [5.41, 5.74) is 1.53. The van der Waals surface area contributed by atoms with Crippen LogP contribution in [-0.2, 0) is 0 Å². The van der Waals surface area contributed by atoms with Gasteiger partial charge in [0.05, 0.1) is 19.1 Å². The summed E-state index contributed by atoms with van der Waals surface area (Å²) in [4.78, 5) is 1.76. The topological polar surface area (TPSA) is 4.44 Å².